The molecule has 23 heavy (non-hydrogen) atoms. The predicted molar refractivity (Wildman–Crippen MR) is 82.9 cm³/mol. The molecule has 0 spiro atoms. The number of aliphatic hydroxyl groups is 3. The zero-order valence-corrected chi connectivity index (χ0v) is 13.9. The second kappa shape index (κ2) is 10.2. The Kier molecular flexibility index (Phi) is 9.01. The van der Waals surface area contributed by atoms with Crippen LogP contribution in [0.4, 0.5) is 0 Å². The van der Waals surface area contributed by atoms with E-state index in [0.29, 0.717) is 6.42 Å². The summed E-state index contributed by atoms with van der Waals surface area (Å²) in [6.45, 7) is 3.69. The minimum Gasteiger partial charge on any atom is -0.481 e. The number of aliphatic hydroxyl groups excluding tert-OH is 3. The van der Waals surface area contributed by atoms with Gasteiger partial charge in [-0.2, -0.15) is 0 Å². The van der Waals surface area contributed by atoms with Crippen LogP contribution in [0, 0.1) is 0 Å². The van der Waals surface area contributed by atoms with E-state index in [0.717, 1.165) is 32.1 Å². The molecule has 0 amide bonds. The molecule has 0 saturated carbocycles. The van der Waals surface area contributed by atoms with E-state index < -0.39 is 42.8 Å². The molecule has 7 nitrogen and oxygen atoms in total. The van der Waals surface area contributed by atoms with Crippen LogP contribution in [-0.2, 0) is 14.3 Å². The summed E-state index contributed by atoms with van der Waals surface area (Å²) in [7, 11) is 0. The van der Waals surface area contributed by atoms with Crippen molar-refractivity contribution in [3.63, 3.8) is 0 Å². The largest absolute Gasteiger partial charge is 0.481 e. The number of carboxylic acids is 1. The van der Waals surface area contributed by atoms with Crippen LogP contribution in [0.1, 0.15) is 58.8 Å². The Bertz CT molecular complexity index is 349. The van der Waals surface area contributed by atoms with E-state index >= 15 is 0 Å². The first kappa shape index (κ1) is 20.3. The van der Waals surface area contributed by atoms with Gasteiger partial charge in [-0.25, -0.2) is 0 Å². The van der Waals surface area contributed by atoms with Crippen LogP contribution in [0.25, 0.3) is 0 Å². The fourth-order valence-electron chi connectivity index (χ4n) is 2.70. The summed E-state index contributed by atoms with van der Waals surface area (Å²) >= 11 is 0. The van der Waals surface area contributed by atoms with Crippen molar-refractivity contribution < 1.29 is 34.7 Å². The van der Waals surface area contributed by atoms with Crippen molar-refractivity contribution in [1.29, 1.82) is 0 Å². The van der Waals surface area contributed by atoms with E-state index in [1.807, 2.05) is 0 Å². The zero-order valence-electron chi connectivity index (χ0n) is 13.9. The first-order valence-corrected chi connectivity index (χ1v) is 8.43. The summed E-state index contributed by atoms with van der Waals surface area (Å²) in [4.78, 5) is 11.0. The molecule has 7 heteroatoms. The molecule has 6 atom stereocenters. The smallest absolute Gasteiger partial charge is 0.305 e. The summed E-state index contributed by atoms with van der Waals surface area (Å²) in [5, 5.41) is 38.4. The van der Waals surface area contributed by atoms with Crippen LogP contribution >= 0.6 is 0 Å². The summed E-state index contributed by atoms with van der Waals surface area (Å²) < 4.78 is 10.9. The Balaban J connectivity index is 2.52. The van der Waals surface area contributed by atoms with Gasteiger partial charge in [0.2, 0.25) is 0 Å². The summed E-state index contributed by atoms with van der Waals surface area (Å²) in [5.41, 5.74) is 0. The fourth-order valence-corrected chi connectivity index (χ4v) is 2.70. The van der Waals surface area contributed by atoms with Crippen molar-refractivity contribution >= 4 is 5.97 Å². The van der Waals surface area contributed by atoms with E-state index in [9.17, 15) is 20.1 Å². The molecule has 1 rings (SSSR count). The molecular weight excluding hydrogens is 304 g/mol. The maximum Gasteiger partial charge on any atom is 0.305 e. The molecule has 1 saturated heterocycles. The molecule has 136 valence electrons. The quantitative estimate of drug-likeness (QED) is 0.441. The van der Waals surface area contributed by atoms with Crippen LogP contribution in [0.15, 0.2) is 0 Å². The number of hydrogen-bond acceptors (Lipinski definition) is 6. The normalized spacial score (nSPS) is 32.7. The Morgan fingerprint density at radius 1 is 1.09 bits per heavy atom. The molecule has 1 aliphatic heterocycles. The van der Waals surface area contributed by atoms with Crippen molar-refractivity contribution in [2.45, 2.75) is 95.6 Å². The number of aliphatic carboxylic acids is 1. The van der Waals surface area contributed by atoms with E-state index in [1.54, 1.807) is 6.92 Å². The van der Waals surface area contributed by atoms with Gasteiger partial charge in [-0.1, -0.05) is 39.0 Å². The lowest BCUT2D eigenvalue weighted by molar-refractivity contribution is -0.304. The third-order valence-electron chi connectivity index (χ3n) is 4.17. The molecule has 4 N–H and O–H groups in total. The Hall–Kier alpha value is -0.730. The summed E-state index contributed by atoms with van der Waals surface area (Å²) in [6, 6.07) is 0. The van der Waals surface area contributed by atoms with Gasteiger partial charge < -0.3 is 29.9 Å². The highest BCUT2D eigenvalue weighted by Crippen LogP contribution is 2.24. The Morgan fingerprint density at radius 2 is 1.74 bits per heavy atom. The second-order valence-electron chi connectivity index (χ2n) is 6.24. The standard InChI is InChI=1S/C16H30O7/c1-3-4-5-6-7-8-11(9-12(17)18)23-16-15(21)14(20)13(19)10(2)22-16/h10-11,13-16,19-21H,3-9H2,1-2H3,(H,17,18)/t10?,11?,13-,14?,15?,16?/m0/s1. The molecule has 0 radical (unpaired) electrons. The lowest BCUT2D eigenvalue weighted by atomic mass is 9.99. The average Bonchev–Trinajstić information content (AvgIpc) is 2.49. The summed E-state index contributed by atoms with van der Waals surface area (Å²) in [6.07, 6.45) is -0.829. The van der Waals surface area contributed by atoms with Gasteiger partial charge in [-0.3, -0.25) is 4.79 Å². The molecule has 1 fully saturated rings. The average molecular weight is 334 g/mol. The Morgan fingerprint density at radius 3 is 2.35 bits per heavy atom. The van der Waals surface area contributed by atoms with Crippen molar-refractivity contribution in [3.05, 3.63) is 0 Å². The van der Waals surface area contributed by atoms with Gasteiger partial charge in [-0.05, 0) is 13.3 Å². The van der Waals surface area contributed by atoms with E-state index in [-0.39, 0.29) is 6.42 Å². The van der Waals surface area contributed by atoms with Gasteiger partial charge >= 0.3 is 5.97 Å². The second-order valence-corrected chi connectivity index (χ2v) is 6.24. The highest BCUT2D eigenvalue weighted by Gasteiger charge is 2.43. The number of carboxylic acid groups (broad SMARTS) is 1. The third kappa shape index (κ3) is 6.73. The minimum absolute atomic E-state index is 0.187. The van der Waals surface area contributed by atoms with E-state index in [2.05, 4.69) is 6.92 Å². The molecule has 0 aromatic rings. The Labute approximate surface area is 137 Å². The van der Waals surface area contributed by atoms with Crippen LogP contribution in [-0.4, -0.2) is 63.2 Å². The highest BCUT2D eigenvalue weighted by molar-refractivity contribution is 5.67. The van der Waals surface area contributed by atoms with Crippen LogP contribution in [0.3, 0.4) is 0 Å². The SMILES string of the molecule is CCCCCCCC(CC(=O)O)OC1OC(C)[C@H](O)C(O)C1O. The topological polar surface area (TPSA) is 116 Å². The van der Waals surface area contributed by atoms with Gasteiger partial charge in [0.05, 0.1) is 18.6 Å². The van der Waals surface area contributed by atoms with Gasteiger partial charge in [0.1, 0.15) is 18.3 Å². The van der Waals surface area contributed by atoms with E-state index in [1.165, 1.54) is 0 Å². The molecule has 5 unspecified atom stereocenters. The summed E-state index contributed by atoms with van der Waals surface area (Å²) in [5.74, 6) is -0.984. The molecule has 0 aromatic heterocycles. The van der Waals surface area contributed by atoms with Crippen molar-refractivity contribution in [2.24, 2.45) is 0 Å². The monoisotopic (exact) mass is 334 g/mol. The lowest BCUT2D eigenvalue weighted by Gasteiger charge is -2.40. The van der Waals surface area contributed by atoms with Gasteiger partial charge in [-0.15, -0.1) is 0 Å². The third-order valence-corrected chi connectivity index (χ3v) is 4.17. The van der Waals surface area contributed by atoms with E-state index in [4.69, 9.17) is 14.6 Å². The first-order chi connectivity index (χ1) is 10.9. The maximum atomic E-state index is 11.0. The molecule has 1 aliphatic rings. The van der Waals surface area contributed by atoms with Crippen LogP contribution in [0.5, 0.6) is 0 Å². The molecule has 0 aliphatic carbocycles. The maximum absolute atomic E-state index is 11.0. The molecular formula is C16H30O7. The highest BCUT2D eigenvalue weighted by atomic mass is 16.7. The number of hydrogen-bond donors (Lipinski definition) is 4. The van der Waals surface area contributed by atoms with Crippen molar-refractivity contribution in [1.82, 2.24) is 0 Å². The first-order valence-electron chi connectivity index (χ1n) is 8.43. The fraction of sp³-hybridized carbons (Fsp3) is 0.938. The number of ether oxygens (including phenoxy) is 2. The number of unbranched alkanes of at least 4 members (excludes halogenated alkanes) is 4. The number of carbonyl (C=O) groups is 1. The minimum atomic E-state index is -1.41. The molecule has 0 aromatic carbocycles. The van der Waals surface area contributed by atoms with Crippen molar-refractivity contribution in [2.75, 3.05) is 0 Å². The lowest BCUT2D eigenvalue weighted by Crippen LogP contribution is -2.58. The molecule has 1 heterocycles. The number of rotatable bonds is 10. The zero-order chi connectivity index (χ0) is 17.4. The van der Waals surface area contributed by atoms with Gasteiger partial charge in [0.15, 0.2) is 6.29 Å². The van der Waals surface area contributed by atoms with Crippen molar-refractivity contribution in [3.8, 4) is 0 Å². The van der Waals surface area contributed by atoms with Crippen LogP contribution in [0.2, 0.25) is 0 Å². The van der Waals surface area contributed by atoms with Crippen LogP contribution < -0.4 is 0 Å². The molecule has 0 bridgehead atoms. The van der Waals surface area contributed by atoms with Gasteiger partial charge in [0.25, 0.3) is 0 Å². The predicted octanol–water partition coefficient (Wildman–Crippen LogP) is 1.03. The van der Waals surface area contributed by atoms with Gasteiger partial charge in [0, 0.05) is 0 Å².